The van der Waals surface area contributed by atoms with E-state index in [1.54, 1.807) is 7.05 Å². The van der Waals surface area contributed by atoms with Gasteiger partial charge in [0, 0.05) is 49.0 Å². The highest BCUT2D eigenvalue weighted by Gasteiger charge is 2.24. The van der Waals surface area contributed by atoms with Crippen molar-refractivity contribution in [3.63, 3.8) is 0 Å². The lowest BCUT2D eigenvalue weighted by molar-refractivity contribution is -0.730. The van der Waals surface area contributed by atoms with Crippen LogP contribution in [-0.4, -0.2) is 44.1 Å². The summed E-state index contributed by atoms with van der Waals surface area (Å²) in [5, 5.41) is 6.02. The highest BCUT2D eigenvalue weighted by Crippen LogP contribution is 2.26. The second-order valence-corrected chi connectivity index (χ2v) is 8.20. The van der Waals surface area contributed by atoms with Gasteiger partial charge in [-0.3, -0.25) is 4.79 Å². The molecule has 1 atom stereocenters. The number of aromatic nitrogens is 2. The molecule has 1 saturated carbocycles. The van der Waals surface area contributed by atoms with E-state index in [-0.39, 0.29) is 5.91 Å². The summed E-state index contributed by atoms with van der Waals surface area (Å²) < 4.78 is 3.27. The Kier molecular flexibility index (Phi) is 8.28. The Morgan fingerprint density at radius 3 is 2.73 bits per heavy atom. The van der Waals surface area contributed by atoms with Crippen molar-refractivity contribution < 1.29 is 9.36 Å². The van der Waals surface area contributed by atoms with Crippen LogP contribution in [0, 0.1) is 5.92 Å². The molecule has 2 rings (SSSR count). The SMILES string of the molecule is CCC(C)[n+]1cc(N(C)CC2CCC(NCC(=O)NC)CC2)ncc1Br. The van der Waals surface area contributed by atoms with Gasteiger partial charge in [0.15, 0.2) is 11.9 Å². The first kappa shape index (κ1) is 21.1. The van der Waals surface area contributed by atoms with E-state index in [1.807, 2.05) is 6.20 Å². The first-order valence-corrected chi connectivity index (χ1v) is 10.5. The van der Waals surface area contributed by atoms with Gasteiger partial charge in [-0.2, -0.15) is 4.57 Å². The number of nitrogens with zero attached hydrogens (tertiary/aromatic N) is 3. The Balaban J connectivity index is 1.85. The van der Waals surface area contributed by atoms with Gasteiger partial charge in [0.25, 0.3) is 4.60 Å². The normalized spacial score (nSPS) is 21.3. The lowest BCUT2D eigenvalue weighted by atomic mass is 9.85. The van der Waals surface area contributed by atoms with Crippen LogP contribution in [0.2, 0.25) is 0 Å². The molecule has 0 saturated heterocycles. The van der Waals surface area contributed by atoms with E-state index in [4.69, 9.17) is 0 Å². The maximum atomic E-state index is 11.3. The molecule has 0 aromatic carbocycles. The summed E-state index contributed by atoms with van der Waals surface area (Å²) in [6.45, 7) is 5.87. The number of amides is 1. The number of hydrogen-bond acceptors (Lipinski definition) is 4. The van der Waals surface area contributed by atoms with Crippen LogP contribution in [0.25, 0.3) is 0 Å². The largest absolute Gasteiger partial charge is 0.358 e. The van der Waals surface area contributed by atoms with Gasteiger partial charge in [-0.05, 0) is 38.5 Å². The summed E-state index contributed by atoms with van der Waals surface area (Å²) in [5.41, 5.74) is 0. The molecule has 1 unspecified atom stereocenters. The Bertz CT molecular complexity index is 589. The zero-order valence-corrected chi connectivity index (χ0v) is 18.1. The molecule has 1 aromatic heterocycles. The Morgan fingerprint density at radius 1 is 1.42 bits per heavy atom. The second kappa shape index (κ2) is 10.2. The topological polar surface area (TPSA) is 61.1 Å². The molecule has 1 aromatic rings. The Morgan fingerprint density at radius 2 is 2.12 bits per heavy atom. The highest BCUT2D eigenvalue weighted by molar-refractivity contribution is 9.10. The number of hydrogen-bond donors (Lipinski definition) is 2. The monoisotopic (exact) mass is 426 g/mol. The predicted molar refractivity (Wildman–Crippen MR) is 108 cm³/mol. The first-order valence-electron chi connectivity index (χ1n) is 9.66. The molecule has 6 nitrogen and oxygen atoms in total. The van der Waals surface area contributed by atoms with Gasteiger partial charge in [0.05, 0.1) is 6.54 Å². The van der Waals surface area contributed by atoms with Crippen molar-refractivity contribution in [3.05, 3.63) is 17.0 Å². The number of anilines is 1. The van der Waals surface area contributed by atoms with Crippen LogP contribution in [-0.2, 0) is 4.79 Å². The number of likely N-dealkylation sites (N-methyl/N-ethyl adjacent to an activating group) is 1. The minimum Gasteiger partial charge on any atom is -0.358 e. The quantitative estimate of drug-likeness (QED) is 0.626. The minimum absolute atomic E-state index is 0.0581. The van der Waals surface area contributed by atoms with E-state index < -0.39 is 0 Å². The average Bonchev–Trinajstić information content (AvgIpc) is 2.66. The maximum Gasteiger partial charge on any atom is 0.266 e. The summed E-state index contributed by atoms with van der Waals surface area (Å²) >= 11 is 3.60. The van der Waals surface area contributed by atoms with Crippen LogP contribution in [0.5, 0.6) is 0 Å². The van der Waals surface area contributed by atoms with Crippen molar-refractivity contribution in [1.82, 2.24) is 15.6 Å². The van der Waals surface area contributed by atoms with Crippen LogP contribution in [0.3, 0.4) is 0 Å². The van der Waals surface area contributed by atoms with Crippen LogP contribution in [0.4, 0.5) is 5.82 Å². The third-order valence-electron chi connectivity index (χ3n) is 5.47. The van der Waals surface area contributed by atoms with E-state index in [9.17, 15) is 4.79 Å². The smallest absolute Gasteiger partial charge is 0.266 e. The van der Waals surface area contributed by atoms with Crippen molar-refractivity contribution in [2.45, 2.75) is 58.0 Å². The van der Waals surface area contributed by atoms with E-state index in [0.717, 1.165) is 36.2 Å². The summed E-state index contributed by atoms with van der Waals surface area (Å²) in [7, 11) is 3.81. The molecule has 2 N–H and O–H groups in total. The third kappa shape index (κ3) is 5.91. The van der Waals surface area contributed by atoms with E-state index in [1.165, 1.54) is 12.8 Å². The van der Waals surface area contributed by atoms with Crippen molar-refractivity contribution >= 4 is 27.7 Å². The van der Waals surface area contributed by atoms with Gasteiger partial charge >= 0.3 is 0 Å². The fourth-order valence-corrected chi connectivity index (χ4v) is 4.05. The molecule has 1 aliphatic carbocycles. The molecule has 26 heavy (non-hydrogen) atoms. The van der Waals surface area contributed by atoms with Gasteiger partial charge < -0.3 is 15.5 Å². The molecule has 1 heterocycles. The predicted octanol–water partition coefficient (Wildman–Crippen LogP) is 2.43. The summed E-state index contributed by atoms with van der Waals surface area (Å²) in [4.78, 5) is 18.2. The zero-order chi connectivity index (χ0) is 19.1. The van der Waals surface area contributed by atoms with E-state index in [0.29, 0.717) is 24.5 Å². The molecule has 0 radical (unpaired) electrons. The molecule has 1 aliphatic rings. The van der Waals surface area contributed by atoms with Gasteiger partial charge in [0.2, 0.25) is 12.1 Å². The van der Waals surface area contributed by atoms with Crippen molar-refractivity contribution in [2.24, 2.45) is 5.92 Å². The standard InChI is InChI=1S/C19H32BrN5O/c1-5-14(2)25-13-18(23-10-17(25)20)24(4)12-15-6-8-16(9-7-15)22-11-19(26)21-3/h10,13-16,22H,5-9,11-12H2,1-4H3/p+1. The number of carbonyl (C=O) groups is 1. The van der Waals surface area contributed by atoms with Gasteiger partial charge in [-0.1, -0.05) is 6.92 Å². The Hall–Kier alpha value is -1.21. The molecule has 0 spiro atoms. The molecular weight excluding hydrogens is 394 g/mol. The fraction of sp³-hybridized carbons (Fsp3) is 0.737. The van der Waals surface area contributed by atoms with E-state index >= 15 is 0 Å². The molecule has 146 valence electrons. The number of nitrogens with one attached hydrogen (secondary N) is 2. The molecule has 1 fully saturated rings. The van der Waals surface area contributed by atoms with Crippen LogP contribution in [0.1, 0.15) is 52.0 Å². The van der Waals surface area contributed by atoms with Crippen molar-refractivity contribution in [3.8, 4) is 0 Å². The number of rotatable bonds is 8. The van der Waals surface area contributed by atoms with Crippen LogP contribution >= 0.6 is 15.9 Å². The third-order valence-corrected chi connectivity index (χ3v) is 6.08. The summed E-state index contributed by atoms with van der Waals surface area (Å²) in [5.74, 6) is 1.76. The average molecular weight is 427 g/mol. The number of carbonyl (C=O) groups excluding carboxylic acids is 1. The van der Waals surface area contributed by atoms with Crippen molar-refractivity contribution in [2.75, 3.05) is 32.1 Å². The highest BCUT2D eigenvalue weighted by atomic mass is 79.9. The molecule has 0 aliphatic heterocycles. The van der Waals surface area contributed by atoms with E-state index in [2.05, 4.69) is 68.1 Å². The summed E-state index contributed by atoms with van der Waals surface area (Å²) in [6.07, 6.45) is 9.79. The minimum atomic E-state index is 0.0581. The molecule has 0 bridgehead atoms. The summed E-state index contributed by atoms with van der Waals surface area (Å²) in [6, 6.07) is 0.911. The molecular formula is C19H33BrN5O+. The first-order chi connectivity index (χ1) is 12.4. The lowest BCUT2D eigenvalue weighted by Gasteiger charge is -2.31. The molecule has 1 amide bonds. The lowest BCUT2D eigenvalue weighted by Crippen LogP contribution is -2.42. The Labute approximate surface area is 165 Å². The van der Waals surface area contributed by atoms with Gasteiger partial charge in [0.1, 0.15) is 6.20 Å². The van der Waals surface area contributed by atoms with Crippen LogP contribution in [0.15, 0.2) is 17.0 Å². The van der Waals surface area contributed by atoms with Crippen LogP contribution < -0.4 is 20.1 Å². The van der Waals surface area contributed by atoms with Gasteiger partial charge in [-0.25, -0.2) is 4.98 Å². The van der Waals surface area contributed by atoms with Crippen molar-refractivity contribution in [1.29, 1.82) is 0 Å². The fourth-order valence-electron chi connectivity index (χ4n) is 3.49. The zero-order valence-electron chi connectivity index (χ0n) is 16.5. The molecule has 7 heteroatoms. The second-order valence-electron chi connectivity index (χ2n) is 7.39. The number of halogens is 1. The van der Waals surface area contributed by atoms with Gasteiger partial charge in [-0.15, -0.1) is 0 Å². The maximum absolute atomic E-state index is 11.3.